The fourth-order valence-electron chi connectivity index (χ4n) is 1.57. The summed E-state index contributed by atoms with van der Waals surface area (Å²) in [6.07, 6.45) is 5.05. The lowest BCUT2D eigenvalue weighted by atomic mass is 10.2. The molecule has 0 amide bonds. The van der Waals surface area contributed by atoms with E-state index in [0.29, 0.717) is 6.04 Å². The van der Waals surface area contributed by atoms with Crippen LogP contribution >= 0.6 is 0 Å². The van der Waals surface area contributed by atoms with Gasteiger partial charge in [0.2, 0.25) is 0 Å². The number of nitrogens with two attached hydrogens (primary N) is 1. The van der Waals surface area contributed by atoms with Crippen molar-refractivity contribution in [1.82, 2.24) is 5.32 Å². The van der Waals surface area contributed by atoms with Crippen LogP contribution in [-0.2, 0) is 0 Å². The van der Waals surface area contributed by atoms with E-state index < -0.39 is 0 Å². The van der Waals surface area contributed by atoms with Gasteiger partial charge in [-0.25, -0.2) is 0 Å². The summed E-state index contributed by atoms with van der Waals surface area (Å²) in [7, 11) is 1.72. The zero-order chi connectivity index (χ0) is 9.68. The first-order chi connectivity index (χ1) is 6.24. The van der Waals surface area contributed by atoms with Crippen LogP contribution in [0.3, 0.4) is 0 Å². The highest BCUT2D eigenvalue weighted by molar-refractivity contribution is 5.90. The summed E-state index contributed by atoms with van der Waals surface area (Å²) in [5.41, 5.74) is 5.89. The number of amidine groups is 1. The van der Waals surface area contributed by atoms with Crippen molar-refractivity contribution in [2.75, 3.05) is 7.05 Å². The SMILES string of the molecule is CN=CNC(C)=N[C@H]1CCC[C@H]1N. The molecule has 0 unspecified atom stereocenters. The molecular formula is C9H18N4. The topological polar surface area (TPSA) is 62.8 Å². The Balaban J connectivity index is 2.43. The van der Waals surface area contributed by atoms with Crippen molar-refractivity contribution in [2.24, 2.45) is 15.7 Å². The molecule has 1 aliphatic carbocycles. The Labute approximate surface area is 79.3 Å². The van der Waals surface area contributed by atoms with E-state index in [-0.39, 0.29) is 6.04 Å². The molecule has 0 radical (unpaired) electrons. The number of nitrogens with zero attached hydrogens (tertiary/aromatic N) is 2. The molecule has 4 heteroatoms. The molecule has 0 heterocycles. The van der Waals surface area contributed by atoms with Gasteiger partial charge in [0.25, 0.3) is 0 Å². The Kier molecular flexibility index (Phi) is 3.89. The zero-order valence-corrected chi connectivity index (χ0v) is 8.33. The maximum atomic E-state index is 5.89. The third-order valence-electron chi connectivity index (χ3n) is 2.29. The molecule has 1 fully saturated rings. The predicted molar refractivity (Wildman–Crippen MR) is 56.3 cm³/mol. The largest absolute Gasteiger partial charge is 0.336 e. The van der Waals surface area contributed by atoms with Gasteiger partial charge in [0.05, 0.1) is 18.2 Å². The van der Waals surface area contributed by atoms with Crippen LogP contribution in [0, 0.1) is 0 Å². The van der Waals surface area contributed by atoms with Gasteiger partial charge in [0.1, 0.15) is 0 Å². The Morgan fingerprint density at radius 2 is 2.31 bits per heavy atom. The smallest absolute Gasteiger partial charge is 0.0986 e. The molecular weight excluding hydrogens is 164 g/mol. The minimum atomic E-state index is 0.246. The summed E-state index contributed by atoms with van der Waals surface area (Å²) in [6.45, 7) is 1.94. The van der Waals surface area contributed by atoms with E-state index in [1.54, 1.807) is 13.4 Å². The second-order valence-corrected chi connectivity index (χ2v) is 3.41. The molecule has 2 atom stereocenters. The van der Waals surface area contributed by atoms with Crippen molar-refractivity contribution in [3.8, 4) is 0 Å². The van der Waals surface area contributed by atoms with Crippen LogP contribution in [-0.4, -0.2) is 31.3 Å². The van der Waals surface area contributed by atoms with E-state index in [1.807, 2.05) is 6.92 Å². The Morgan fingerprint density at radius 3 is 2.85 bits per heavy atom. The van der Waals surface area contributed by atoms with E-state index in [4.69, 9.17) is 5.73 Å². The Hall–Kier alpha value is -0.900. The molecule has 0 spiro atoms. The van der Waals surface area contributed by atoms with E-state index in [1.165, 1.54) is 6.42 Å². The molecule has 0 aliphatic heterocycles. The molecule has 13 heavy (non-hydrogen) atoms. The lowest BCUT2D eigenvalue weighted by Gasteiger charge is -2.11. The third-order valence-corrected chi connectivity index (χ3v) is 2.29. The fraction of sp³-hybridized carbons (Fsp3) is 0.778. The maximum absolute atomic E-state index is 5.89. The molecule has 1 aliphatic rings. The first kappa shape index (κ1) is 10.2. The van der Waals surface area contributed by atoms with E-state index in [9.17, 15) is 0 Å². The molecule has 0 saturated heterocycles. The molecule has 0 aromatic heterocycles. The molecule has 0 aromatic rings. The van der Waals surface area contributed by atoms with Crippen molar-refractivity contribution in [1.29, 1.82) is 0 Å². The third kappa shape index (κ3) is 3.14. The summed E-state index contributed by atoms with van der Waals surface area (Å²) in [5, 5.41) is 2.98. The number of rotatable bonds is 2. The molecule has 3 N–H and O–H groups in total. The van der Waals surface area contributed by atoms with E-state index >= 15 is 0 Å². The molecule has 4 nitrogen and oxygen atoms in total. The number of hydrogen-bond acceptors (Lipinski definition) is 3. The maximum Gasteiger partial charge on any atom is 0.0986 e. The highest BCUT2D eigenvalue weighted by Gasteiger charge is 2.22. The minimum absolute atomic E-state index is 0.246. The quantitative estimate of drug-likeness (QED) is 0.483. The van der Waals surface area contributed by atoms with Crippen LogP contribution in [0.4, 0.5) is 0 Å². The van der Waals surface area contributed by atoms with Crippen molar-refractivity contribution in [3.63, 3.8) is 0 Å². The van der Waals surface area contributed by atoms with Gasteiger partial charge in [-0.1, -0.05) is 0 Å². The minimum Gasteiger partial charge on any atom is -0.336 e. The molecule has 0 aromatic carbocycles. The van der Waals surface area contributed by atoms with E-state index in [0.717, 1.165) is 18.7 Å². The van der Waals surface area contributed by atoms with Gasteiger partial charge in [-0.15, -0.1) is 0 Å². The highest BCUT2D eigenvalue weighted by Crippen LogP contribution is 2.19. The van der Waals surface area contributed by atoms with Crippen LogP contribution in [0.15, 0.2) is 9.98 Å². The number of aliphatic imine (C=N–C) groups is 2. The standard InChI is InChI=1S/C9H18N4/c1-7(12-6-11-2)13-9-5-3-4-8(9)10/h6,8-9H,3-5,10H2,1-2H3,(H,11,12,13)/t8-,9+/m1/s1. The molecule has 1 rings (SSSR count). The van der Waals surface area contributed by atoms with Crippen molar-refractivity contribution in [2.45, 2.75) is 38.3 Å². The number of nitrogens with one attached hydrogen (secondary N) is 1. The predicted octanol–water partition coefficient (Wildman–Crippen LogP) is 0.532. The van der Waals surface area contributed by atoms with Crippen LogP contribution in [0.5, 0.6) is 0 Å². The second-order valence-electron chi connectivity index (χ2n) is 3.41. The lowest BCUT2D eigenvalue weighted by molar-refractivity contribution is 0.604. The van der Waals surface area contributed by atoms with Gasteiger partial charge in [0, 0.05) is 13.1 Å². The van der Waals surface area contributed by atoms with Gasteiger partial charge in [-0.3, -0.25) is 9.98 Å². The average Bonchev–Trinajstić information content (AvgIpc) is 2.48. The molecule has 1 saturated carbocycles. The van der Waals surface area contributed by atoms with Gasteiger partial charge in [-0.2, -0.15) is 0 Å². The van der Waals surface area contributed by atoms with Gasteiger partial charge in [0.15, 0.2) is 0 Å². The number of hydrogen-bond donors (Lipinski definition) is 2. The average molecular weight is 182 g/mol. The lowest BCUT2D eigenvalue weighted by Crippen LogP contribution is -2.30. The Bertz CT molecular complexity index is 210. The normalized spacial score (nSPS) is 29.9. The first-order valence-electron chi connectivity index (χ1n) is 4.71. The van der Waals surface area contributed by atoms with Gasteiger partial charge in [-0.05, 0) is 26.2 Å². The molecule has 0 bridgehead atoms. The summed E-state index contributed by atoms with van der Waals surface area (Å²) in [4.78, 5) is 8.30. The fourth-order valence-corrected chi connectivity index (χ4v) is 1.57. The van der Waals surface area contributed by atoms with Crippen molar-refractivity contribution in [3.05, 3.63) is 0 Å². The van der Waals surface area contributed by atoms with Crippen LogP contribution < -0.4 is 11.1 Å². The monoisotopic (exact) mass is 182 g/mol. The van der Waals surface area contributed by atoms with Crippen LogP contribution in [0.25, 0.3) is 0 Å². The molecule has 74 valence electrons. The van der Waals surface area contributed by atoms with E-state index in [2.05, 4.69) is 15.3 Å². The summed E-state index contributed by atoms with van der Waals surface area (Å²) in [5.74, 6) is 0.896. The summed E-state index contributed by atoms with van der Waals surface area (Å²) < 4.78 is 0. The first-order valence-corrected chi connectivity index (χ1v) is 4.71. The summed E-state index contributed by atoms with van der Waals surface area (Å²) >= 11 is 0. The summed E-state index contributed by atoms with van der Waals surface area (Å²) in [6, 6.07) is 0.549. The van der Waals surface area contributed by atoms with Crippen LogP contribution in [0.2, 0.25) is 0 Å². The van der Waals surface area contributed by atoms with Gasteiger partial charge < -0.3 is 11.1 Å². The van der Waals surface area contributed by atoms with Crippen molar-refractivity contribution >= 4 is 12.2 Å². The second kappa shape index (κ2) is 4.97. The Morgan fingerprint density at radius 1 is 1.54 bits per heavy atom. The highest BCUT2D eigenvalue weighted by atomic mass is 15.0. The van der Waals surface area contributed by atoms with Crippen molar-refractivity contribution < 1.29 is 0 Å². The van der Waals surface area contributed by atoms with Gasteiger partial charge >= 0.3 is 0 Å². The van der Waals surface area contributed by atoms with Crippen LogP contribution in [0.1, 0.15) is 26.2 Å². The zero-order valence-electron chi connectivity index (χ0n) is 8.33.